The van der Waals surface area contributed by atoms with Gasteiger partial charge in [0.05, 0.1) is 11.4 Å². The highest BCUT2D eigenvalue weighted by molar-refractivity contribution is 7.88. The Labute approximate surface area is 156 Å². The molecule has 4 rings (SSSR count). The minimum Gasteiger partial charge on any atom is -0.352 e. The molecule has 1 saturated carbocycles. The van der Waals surface area contributed by atoms with Crippen LogP contribution in [0.25, 0.3) is 0 Å². The van der Waals surface area contributed by atoms with Crippen LogP contribution < -0.4 is 4.90 Å². The van der Waals surface area contributed by atoms with Gasteiger partial charge in [-0.3, -0.25) is 0 Å². The SMILES string of the molecule is O=S(=O)(Cc1cc(F)cc(F)c1)N1CCN(c2ccc(C3CC3)nn2)CC1. The highest BCUT2D eigenvalue weighted by Gasteiger charge is 2.29. The van der Waals surface area contributed by atoms with Gasteiger partial charge in [0.25, 0.3) is 0 Å². The van der Waals surface area contributed by atoms with Crippen molar-refractivity contribution in [1.82, 2.24) is 14.5 Å². The molecule has 144 valence electrons. The third-order valence-corrected chi connectivity index (χ3v) is 6.74. The lowest BCUT2D eigenvalue weighted by Crippen LogP contribution is -2.49. The minimum atomic E-state index is -3.65. The first-order valence-corrected chi connectivity index (χ1v) is 10.5. The van der Waals surface area contributed by atoms with Gasteiger partial charge in [-0.05, 0) is 42.7 Å². The summed E-state index contributed by atoms with van der Waals surface area (Å²) in [6.45, 7) is 1.58. The Bertz CT molecular complexity index is 905. The molecule has 1 aliphatic carbocycles. The Morgan fingerprint density at radius 3 is 2.19 bits per heavy atom. The van der Waals surface area contributed by atoms with Crippen molar-refractivity contribution in [3.63, 3.8) is 0 Å². The Balaban J connectivity index is 1.38. The van der Waals surface area contributed by atoms with Crippen LogP contribution in [0.15, 0.2) is 30.3 Å². The summed E-state index contributed by atoms with van der Waals surface area (Å²) in [4.78, 5) is 2.00. The van der Waals surface area contributed by atoms with Crippen LogP contribution >= 0.6 is 0 Å². The van der Waals surface area contributed by atoms with E-state index in [0.717, 1.165) is 29.7 Å². The van der Waals surface area contributed by atoms with Crippen LogP contribution in [0.5, 0.6) is 0 Å². The molecule has 1 aromatic heterocycles. The number of sulfonamides is 1. The van der Waals surface area contributed by atoms with Gasteiger partial charge in [0.15, 0.2) is 5.82 Å². The van der Waals surface area contributed by atoms with Crippen LogP contribution in [0.4, 0.5) is 14.6 Å². The maximum absolute atomic E-state index is 13.3. The summed E-state index contributed by atoms with van der Waals surface area (Å²) >= 11 is 0. The van der Waals surface area contributed by atoms with Crippen molar-refractivity contribution >= 4 is 15.8 Å². The van der Waals surface area contributed by atoms with E-state index in [-0.39, 0.29) is 5.56 Å². The summed E-state index contributed by atoms with van der Waals surface area (Å²) < 4.78 is 53.1. The van der Waals surface area contributed by atoms with Crippen LogP contribution in [0, 0.1) is 11.6 Å². The fraction of sp³-hybridized carbons (Fsp3) is 0.444. The van der Waals surface area contributed by atoms with E-state index in [0.29, 0.717) is 32.1 Å². The number of aromatic nitrogens is 2. The Hall–Kier alpha value is -2.13. The molecule has 2 heterocycles. The van der Waals surface area contributed by atoms with Gasteiger partial charge < -0.3 is 4.90 Å². The van der Waals surface area contributed by atoms with Gasteiger partial charge >= 0.3 is 0 Å². The normalized spacial score (nSPS) is 18.7. The zero-order chi connectivity index (χ0) is 19.0. The maximum atomic E-state index is 13.3. The summed E-state index contributed by atoms with van der Waals surface area (Å²) in [6.07, 6.45) is 2.33. The monoisotopic (exact) mass is 394 g/mol. The number of halogens is 2. The van der Waals surface area contributed by atoms with Gasteiger partial charge in [0, 0.05) is 38.2 Å². The second kappa shape index (κ2) is 7.12. The van der Waals surface area contributed by atoms with Gasteiger partial charge in [-0.25, -0.2) is 17.2 Å². The lowest BCUT2D eigenvalue weighted by molar-refractivity contribution is 0.383. The number of hydrogen-bond acceptors (Lipinski definition) is 5. The molecule has 2 aromatic rings. The molecular weight excluding hydrogens is 374 g/mol. The molecular formula is C18H20F2N4O2S. The second-order valence-electron chi connectivity index (χ2n) is 7.01. The largest absolute Gasteiger partial charge is 0.352 e. The molecule has 1 aliphatic heterocycles. The second-order valence-corrected chi connectivity index (χ2v) is 8.98. The molecule has 0 atom stereocenters. The summed E-state index contributed by atoms with van der Waals surface area (Å²) in [5.74, 6) is -0.696. The van der Waals surface area contributed by atoms with E-state index in [2.05, 4.69) is 10.2 Å². The first-order valence-electron chi connectivity index (χ1n) is 8.92. The molecule has 9 heteroatoms. The minimum absolute atomic E-state index is 0.108. The van der Waals surface area contributed by atoms with E-state index in [1.807, 2.05) is 17.0 Å². The smallest absolute Gasteiger partial charge is 0.218 e. The molecule has 6 nitrogen and oxygen atoms in total. The lowest BCUT2D eigenvalue weighted by atomic mass is 10.2. The average Bonchev–Trinajstić information content (AvgIpc) is 3.46. The van der Waals surface area contributed by atoms with Crippen molar-refractivity contribution in [2.24, 2.45) is 0 Å². The molecule has 0 unspecified atom stereocenters. The fourth-order valence-corrected chi connectivity index (χ4v) is 4.78. The molecule has 0 bridgehead atoms. The molecule has 0 radical (unpaired) electrons. The quantitative estimate of drug-likeness (QED) is 0.779. The van der Waals surface area contributed by atoms with E-state index in [1.165, 1.54) is 17.1 Å². The molecule has 1 saturated heterocycles. The first kappa shape index (κ1) is 18.2. The highest BCUT2D eigenvalue weighted by Crippen LogP contribution is 2.38. The lowest BCUT2D eigenvalue weighted by Gasteiger charge is -2.34. The van der Waals surface area contributed by atoms with Crippen LogP contribution in [0.3, 0.4) is 0 Å². The van der Waals surface area contributed by atoms with Crippen LogP contribution in [-0.4, -0.2) is 49.1 Å². The van der Waals surface area contributed by atoms with Crippen LogP contribution in [0.2, 0.25) is 0 Å². The van der Waals surface area contributed by atoms with Gasteiger partial charge in [-0.15, -0.1) is 5.10 Å². The summed E-state index contributed by atoms with van der Waals surface area (Å²) in [5.41, 5.74) is 1.12. The zero-order valence-corrected chi connectivity index (χ0v) is 15.5. The number of hydrogen-bond donors (Lipinski definition) is 0. The standard InChI is InChI=1S/C18H20F2N4O2S/c19-15-9-13(10-16(20)11-15)12-27(25,26)24-7-5-23(6-8-24)18-4-3-17(21-22-18)14-1-2-14/h3-4,9-11,14H,1-2,5-8,12H2. The fourth-order valence-electron chi connectivity index (χ4n) is 3.29. The predicted octanol–water partition coefficient (Wildman–Crippen LogP) is 2.28. The predicted molar refractivity (Wildman–Crippen MR) is 96.8 cm³/mol. The van der Waals surface area contributed by atoms with Gasteiger partial charge in [0.2, 0.25) is 10.0 Å². The topological polar surface area (TPSA) is 66.4 Å². The van der Waals surface area contributed by atoms with E-state index < -0.39 is 27.4 Å². The van der Waals surface area contributed by atoms with Crippen molar-refractivity contribution in [3.8, 4) is 0 Å². The summed E-state index contributed by atoms with van der Waals surface area (Å²) in [6, 6.07) is 6.74. The van der Waals surface area contributed by atoms with Crippen molar-refractivity contribution in [3.05, 3.63) is 53.2 Å². The average molecular weight is 394 g/mol. The number of benzene rings is 1. The van der Waals surface area contributed by atoms with Crippen molar-refractivity contribution in [1.29, 1.82) is 0 Å². The van der Waals surface area contributed by atoms with Crippen molar-refractivity contribution in [2.75, 3.05) is 31.1 Å². The van der Waals surface area contributed by atoms with E-state index >= 15 is 0 Å². The molecule has 0 amide bonds. The Kier molecular flexibility index (Phi) is 4.81. The molecule has 27 heavy (non-hydrogen) atoms. The number of nitrogens with zero attached hydrogens (tertiary/aromatic N) is 4. The van der Waals surface area contributed by atoms with Gasteiger partial charge in [-0.2, -0.15) is 9.40 Å². The molecule has 2 aliphatic rings. The van der Waals surface area contributed by atoms with Gasteiger partial charge in [-0.1, -0.05) is 0 Å². The molecule has 0 N–H and O–H groups in total. The first-order chi connectivity index (χ1) is 12.9. The molecule has 2 fully saturated rings. The zero-order valence-electron chi connectivity index (χ0n) is 14.7. The summed E-state index contributed by atoms with van der Waals surface area (Å²) in [5, 5.41) is 8.52. The van der Waals surface area contributed by atoms with Crippen LogP contribution in [0.1, 0.15) is 30.0 Å². The summed E-state index contributed by atoms with van der Waals surface area (Å²) in [7, 11) is -3.65. The van der Waals surface area contributed by atoms with Gasteiger partial charge in [0.1, 0.15) is 11.6 Å². The van der Waals surface area contributed by atoms with Crippen LogP contribution in [-0.2, 0) is 15.8 Å². The van der Waals surface area contributed by atoms with E-state index in [9.17, 15) is 17.2 Å². The molecule has 1 aromatic carbocycles. The third kappa shape index (κ3) is 4.24. The number of anilines is 1. The molecule has 0 spiro atoms. The maximum Gasteiger partial charge on any atom is 0.218 e. The highest BCUT2D eigenvalue weighted by atomic mass is 32.2. The van der Waals surface area contributed by atoms with E-state index in [1.54, 1.807) is 0 Å². The van der Waals surface area contributed by atoms with Crippen molar-refractivity contribution in [2.45, 2.75) is 24.5 Å². The number of piperazine rings is 1. The third-order valence-electron chi connectivity index (χ3n) is 4.89. The Morgan fingerprint density at radius 1 is 0.963 bits per heavy atom. The number of rotatable bonds is 5. The van der Waals surface area contributed by atoms with E-state index in [4.69, 9.17) is 0 Å². The Morgan fingerprint density at radius 2 is 1.63 bits per heavy atom. The van der Waals surface area contributed by atoms with Crippen molar-refractivity contribution < 1.29 is 17.2 Å².